The lowest BCUT2D eigenvalue weighted by Gasteiger charge is -2.45. The first-order valence-corrected chi connectivity index (χ1v) is 5.18. The number of fused-ring (bicyclic) bond motifs is 2. The first kappa shape index (κ1) is 7.57. The van der Waals surface area contributed by atoms with Crippen LogP contribution in [-0.2, 0) is 5.54 Å². The Morgan fingerprint density at radius 2 is 1.85 bits per heavy atom. The Kier molecular flexibility index (Phi) is 1.37. The van der Waals surface area contributed by atoms with E-state index in [1.54, 1.807) is 0 Å². The van der Waals surface area contributed by atoms with E-state index in [-0.39, 0.29) is 5.54 Å². The molecule has 1 aromatic rings. The van der Waals surface area contributed by atoms with E-state index in [4.69, 9.17) is 5.73 Å². The second-order valence-corrected chi connectivity index (χ2v) is 4.52. The normalized spacial score (nSPS) is 35.9. The monoisotopic (exact) mass is 173 g/mol. The molecule has 0 radical (unpaired) electrons. The molecule has 4 rings (SSSR count). The third-order valence-electron chi connectivity index (χ3n) is 3.81. The van der Waals surface area contributed by atoms with Crippen molar-refractivity contribution in [3.63, 3.8) is 0 Å². The zero-order valence-electron chi connectivity index (χ0n) is 7.79. The fourth-order valence-corrected chi connectivity index (χ4v) is 3.02. The van der Waals surface area contributed by atoms with Crippen LogP contribution in [-0.4, -0.2) is 0 Å². The van der Waals surface area contributed by atoms with Crippen LogP contribution in [0.2, 0.25) is 0 Å². The van der Waals surface area contributed by atoms with Crippen LogP contribution < -0.4 is 5.73 Å². The molecule has 1 fully saturated rings. The lowest BCUT2D eigenvalue weighted by atomic mass is 9.63. The van der Waals surface area contributed by atoms with Gasteiger partial charge in [-0.25, -0.2) is 0 Å². The second-order valence-electron chi connectivity index (χ2n) is 4.52. The molecule has 0 unspecified atom stereocenters. The summed E-state index contributed by atoms with van der Waals surface area (Å²) in [5.74, 6) is 0.807. The Bertz CT molecular complexity index is 335. The smallest absolute Gasteiger partial charge is 0.0412 e. The van der Waals surface area contributed by atoms with Crippen LogP contribution in [0.3, 0.4) is 0 Å². The molecule has 0 amide bonds. The molecule has 13 heavy (non-hydrogen) atoms. The zero-order chi connectivity index (χ0) is 8.89. The highest BCUT2D eigenvalue weighted by Crippen LogP contribution is 2.50. The average Bonchev–Trinajstić information content (AvgIpc) is 2.19. The van der Waals surface area contributed by atoms with Crippen molar-refractivity contribution in [1.82, 2.24) is 0 Å². The summed E-state index contributed by atoms with van der Waals surface area (Å²) in [6, 6.07) is 8.75. The van der Waals surface area contributed by atoms with Gasteiger partial charge in [-0.2, -0.15) is 0 Å². The van der Waals surface area contributed by atoms with Gasteiger partial charge in [-0.1, -0.05) is 24.3 Å². The lowest BCUT2D eigenvalue weighted by Crippen LogP contribution is -2.45. The third-order valence-corrected chi connectivity index (χ3v) is 3.81. The van der Waals surface area contributed by atoms with Crippen molar-refractivity contribution in [3.8, 4) is 0 Å². The summed E-state index contributed by atoms with van der Waals surface area (Å²) in [7, 11) is 0. The fraction of sp³-hybridized carbons (Fsp3) is 0.500. The maximum absolute atomic E-state index is 6.41. The molecule has 3 aliphatic carbocycles. The molecule has 1 saturated carbocycles. The Morgan fingerprint density at radius 1 is 1.15 bits per heavy atom. The van der Waals surface area contributed by atoms with E-state index in [1.165, 1.54) is 36.8 Å². The highest BCUT2D eigenvalue weighted by molar-refractivity contribution is 5.40. The summed E-state index contributed by atoms with van der Waals surface area (Å²) in [6.07, 6.45) is 4.98. The Balaban J connectivity index is 2.24. The van der Waals surface area contributed by atoms with Crippen LogP contribution in [0.25, 0.3) is 0 Å². The minimum atomic E-state index is 0.0192. The highest BCUT2D eigenvalue weighted by Gasteiger charge is 2.41. The molecule has 2 bridgehead atoms. The molecule has 0 spiro atoms. The predicted molar refractivity (Wildman–Crippen MR) is 53.5 cm³/mol. The summed E-state index contributed by atoms with van der Waals surface area (Å²) in [5.41, 5.74) is 9.39. The van der Waals surface area contributed by atoms with Gasteiger partial charge in [0, 0.05) is 5.54 Å². The van der Waals surface area contributed by atoms with Crippen LogP contribution in [0.5, 0.6) is 0 Å². The quantitative estimate of drug-likeness (QED) is 0.641. The minimum absolute atomic E-state index is 0.0192. The Labute approximate surface area is 78.9 Å². The molecular weight excluding hydrogens is 158 g/mol. The van der Waals surface area contributed by atoms with Gasteiger partial charge >= 0.3 is 0 Å². The minimum Gasteiger partial charge on any atom is -0.321 e. The van der Waals surface area contributed by atoms with Crippen molar-refractivity contribution in [3.05, 3.63) is 35.4 Å². The van der Waals surface area contributed by atoms with Gasteiger partial charge < -0.3 is 5.73 Å². The maximum Gasteiger partial charge on any atom is 0.0412 e. The highest BCUT2D eigenvalue weighted by atomic mass is 14.8. The fourth-order valence-electron chi connectivity index (χ4n) is 3.02. The largest absolute Gasteiger partial charge is 0.321 e. The van der Waals surface area contributed by atoms with E-state index in [0.29, 0.717) is 0 Å². The second kappa shape index (κ2) is 2.36. The van der Waals surface area contributed by atoms with Crippen molar-refractivity contribution < 1.29 is 0 Å². The van der Waals surface area contributed by atoms with Crippen LogP contribution in [0.4, 0.5) is 0 Å². The van der Waals surface area contributed by atoms with Crippen molar-refractivity contribution in [2.45, 2.75) is 37.1 Å². The number of hydrogen-bond acceptors (Lipinski definition) is 1. The Morgan fingerprint density at radius 3 is 2.54 bits per heavy atom. The van der Waals surface area contributed by atoms with Gasteiger partial charge in [0.25, 0.3) is 0 Å². The van der Waals surface area contributed by atoms with E-state index in [9.17, 15) is 0 Å². The summed E-state index contributed by atoms with van der Waals surface area (Å²) >= 11 is 0. The molecule has 3 aliphatic rings. The van der Waals surface area contributed by atoms with E-state index >= 15 is 0 Å². The van der Waals surface area contributed by atoms with Crippen LogP contribution in [0.1, 0.15) is 42.7 Å². The summed E-state index contributed by atoms with van der Waals surface area (Å²) in [4.78, 5) is 0. The molecule has 0 atom stereocenters. The number of benzene rings is 1. The molecule has 0 saturated heterocycles. The van der Waals surface area contributed by atoms with Crippen LogP contribution in [0.15, 0.2) is 24.3 Å². The standard InChI is InChI=1S/C12H15N/c13-12-7-5-9(6-8-12)10-3-1-2-4-11(10)12/h1-4,9H,5-8,13H2. The summed E-state index contributed by atoms with van der Waals surface area (Å²) in [6.45, 7) is 0. The predicted octanol–water partition coefficient (Wildman–Crippen LogP) is 2.51. The summed E-state index contributed by atoms with van der Waals surface area (Å²) in [5, 5.41) is 0. The molecule has 0 aliphatic heterocycles. The van der Waals surface area contributed by atoms with Gasteiger partial charge in [-0.15, -0.1) is 0 Å². The topological polar surface area (TPSA) is 26.0 Å². The number of hydrogen-bond donors (Lipinski definition) is 1. The SMILES string of the molecule is NC12CCC(CC1)c1ccccc12. The van der Waals surface area contributed by atoms with E-state index in [0.717, 1.165) is 5.92 Å². The molecule has 1 heteroatoms. The van der Waals surface area contributed by atoms with Crippen LogP contribution >= 0.6 is 0 Å². The van der Waals surface area contributed by atoms with Gasteiger partial charge in [-0.05, 0) is 42.7 Å². The molecular formula is C12H15N. The van der Waals surface area contributed by atoms with Crippen molar-refractivity contribution >= 4 is 0 Å². The third kappa shape index (κ3) is 0.910. The van der Waals surface area contributed by atoms with Gasteiger partial charge in [0.15, 0.2) is 0 Å². The summed E-state index contributed by atoms with van der Waals surface area (Å²) < 4.78 is 0. The first-order valence-electron chi connectivity index (χ1n) is 5.18. The average molecular weight is 173 g/mol. The van der Waals surface area contributed by atoms with Gasteiger partial charge in [0.2, 0.25) is 0 Å². The number of nitrogens with two attached hydrogens (primary N) is 1. The van der Waals surface area contributed by atoms with E-state index in [2.05, 4.69) is 24.3 Å². The molecule has 68 valence electrons. The lowest BCUT2D eigenvalue weighted by molar-refractivity contribution is 0.243. The van der Waals surface area contributed by atoms with Crippen LogP contribution in [0, 0.1) is 0 Å². The molecule has 1 aromatic carbocycles. The first-order chi connectivity index (χ1) is 6.30. The van der Waals surface area contributed by atoms with E-state index < -0.39 is 0 Å². The maximum atomic E-state index is 6.41. The van der Waals surface area contributed by atoms with Crippen molar-refractivity contribution in [2.75, 3.05) is 0 Å². The zero-order valence-corrected chi connectivity index (χ0v) is 7.79. The molecule has 0 heterocycles. The van der Waals surface area contributed by atoms with Gasteiger partial charge in [-0.3, -0.25) is 0 Å². The molecule has 2 N–H and O–H groups in total. The Hall–Kier alpha value is -0.820. The van der Waals surface area contributed by atoms with Gasteiger partial charge in [0.1, 0.15) is 0 Å². The molecule has 1 nitrogen and oxygen atoms in total. The molecule has 0 aromatic heterocycles. The van der Waals surface area contributed by atoms with E-state index in [1.807, 2.05) is 0 Å². The van der Waals surface area contributed by atoms with Gasteiger partial charge in [0.05, 0.1) is 0 Å². The van der Waals surface area contributed by atoms with Crippen molar-refractivity contribution in [2.24, 2.45) is 5.73 Å². The van der Waals surface area contributed by atoms with Crippen molar-refractivity contribution in [1.29, 1.82) is 0 Å². The number of rotatable bonds is 0.